The second-order valence-electron chi connectivity index (χ2n) is 10.8. The highest BCUT2D eigenvalue weighted by molar-refractivity contribution is 6.73. The van der Waals surface area contributed by atoms with E-state index in [9.17, 15) is 9.90 Å². The lowest BCUT2D eigenvalue weighted by Crippen LogP contribution is -2.41. The van der Waals surface area contributed by atoms with Gasteiger partial charge in [0.15, 0.2) is 0 Å². The maximum atomic E-state index is 13.8. The minimum absolute atomic E-state index is 0.122. The van der Waals surface area contributed by atoms with Crippen molar-refractivity contribution in [1.29, 1.82) is 0 Å². The number of rotatable bonds is 2. The third-order valence-electron chi connectivity index (χ3n) is 7.71. The lowest BCUT2D eigenvalue weighted by atomic mass is 9.72. The summed E-state index contributed by atoms with van der Waals surface area (Å²) < 4.78 is 0. The van der Waals surface area contributed by atoms with Crippen molar-refractivity contribution in [2.24, 2.45) is 15.4 Å². The van der Waals surface area contributed by atoms with Gasteiger partial charge in [0.25, 0.3) is 0 Å². The van der Waals surface area contributed by atoms with Crippen molar-refractivity contribution < 1.29 is 9.90 Å². The summed E-state index contributed by atoms with van der Waals surface area (Å²) in [7, 11) is 0. The van der Waals surface area contributed by atoms with Crippen LogP contribution in [0.15, 0.2) is 67.9 Å². The molecule has 0 aromatic carbocycles. The van der Waals surface area contributed by atoms with Gasteiger partial charge in [0, 0.05) is 16.8 Å². The number of aliphatic imine (C=N–C) groups is 2. The maximum absolute atomic E-state index is 13.8. The van der Waals surface area contributed by atoms with Crippen molar-refractivity contribution in [1.82, 2.24) is 9.97 Å². The standard InChI is InChI=1S/C30H34N4O2/c1-8-20-16(3)22-14-18-10-12-24(31-18)30(36,29(5,6)7)25-13-11-19(32-25)15-23-17(4)21(9-2)27(34-23)28(35)26(20)33-22/h10-15,31-32,36H,8-9H2,1-7H3/b22-14-,23-15-. The number of hydrogen-bond donors (Lipinski definition) is 3. The van der Waals surface area contributed by atoms with E-state index in [0.717, 1.165) is 45.1 Å². The third kappa shape index (κ3) is 3.46. The highest BCUT2D eigenvalue weighted by Crippen LogP contribution is 2.44. The van der Waals surface area contributed by atoms with Gasteiger partial charge in [-0.05, 0) is 85.4 Å². The molecule has 5 heterocycles. The molecule has 0 spiro atoms. The van der Waals surface area contributed by atoms with E-state index >= 15 is 0 Å². The highest BCUT2D eigenvalue weighted by atomic mass is 16.3. The van der Waals surface area contributed by atoms with Crippen molar-refractivity contribution in [3.8, 4) is 0 Å². The number of Topliss-reactive ketones (excluding diaryl/α,β-unsaturated/α-hetero) is 1. The zero-order valence-corrected chi connectivity index (χ0v) is 22.1. The van der Waals surface area contributed by atoms with Crippen molar-refractivity contribution in [2.45, 2.75) is 66.9 Å². The number of ketones is 1. The second-order valence-corrected chi connectivity index (χ2v) is 10.8. The van der Waals surface area contributed by atoms with Gasteiger partial charge < -0.3 is 15.1 Å². The third-order valence-corrected chi connectivity index (χ3v) is 7.71. The van der Waals surface area contributed by atoms with Crippen LogP contribution in [0.25, 0.3) is 12.2 Å². The van der Waals surface area contributed by atoms with E-state index < -0.39 is 11.0 Å². The minimum Gasteiger partial charge on any atom is -0.377 e. The molecule has 3 aliphatic rings. The summed E-state index contributed by atoms with van der Waals surface area (Å²) >= 11 is 0. The number of hydrogen-bond acceptors (Lipinski definition) is 4. The number of carbonyl (C=O) groups is 1. The number of carbonyl (C=O) groups excluding carboxylic acids is 1. The van der Waals surface area contributed by atoms with E-state index in [1.54, 1.807) is 0 Å². The number of aromatic nitrogens is 2. The molecule has 0 unspecified atom stereocenters. The van der Waals surface area contributed by atoms with Gasteiger partial charge in [-0.2, -0.15) is 0 Å². The topological polar surface area (TPSA) is 93.6 Å². The average Bonchev–Trinajstić information content (AvgIpc) is 3.60. The molecular formula is C30H34N4O2. The number of H-pyrrole nitrogens is 2. The summed E-state index contributed by atoms with van der Waals surface area (Å²) in [6, 6.07) is 7.74. The fourth-order valence-corrected chi connectivity index (χ4v) is 5.50. The zero-order chi connectivity index (χ0) is 26.0. The molecule has 0 radical (unpaired) electrons. The maximum Gasteiger partial charge on any atom is 0.230 e. The van der Waals surface area contributed by atoms with Crippen molar-refractivity contribution in [2.75, 3.05) is 0 Å². The van der Waals surface area contributed by atoms with Gasteiger partial charge in [-0.15, -0.1) is 0 Å². The van der Waals surface area contributed by atoms with Crippen molar-refractivity contribution >= 4 is 29.4 Å². The lowest BCUT2D eigenvalue weighted by Gasteiger charge is -2.39. The van der Waals surface area contributed by atoms with E-state index in [4.69, 9.17) is 9.98 Å². The van der Waals surface area contributed by atoms with Gasteiger partial charge in [-0.3, -0.25) is 4.79 Å². The number of nitrogens with zero attached hydrogens (tertiary/aromatic N) is 2. The Labute approximate surface area is 212 Å². The predicted molar refractivity (Wildman–Crippen MR) is 146 cm³/mol. The monoisotopic (exact) mass is 482 g/mol. The van der Waals surface area contributed by atoms with Crippen LogP contribution in [0.5, 0.6) is 0 Å². The summed E-state index contributed by atoms with van der Waals surface area (Å²) in [6.45, 7) is 14.2. The van der Waals surface area contributed by atoms with Gasteiger partial charge in [0.2, 0.25) is 5.78 Å². The van der Waals surface area contributed by atoms with E-state index in [1.165, 1.54) is 0 Å². The Morgan fingerprint density at radius 2 is 1.22 bits per heavy atom. The SMILES string of the molecule is CCC1=C(C)/C2=C/c3ccc([nH]3)C(O)(C(C)(C)C)c3ccc([nH]3)/C=C3\N=C(C(=O)C1=N2)C(CC)=C3C. The highest BCUT2D eigenvalue weighted by Gasteiger charge is 2.45. The van der Waals surface area contributed by atoms with Crippen LogP contribution in [0.3, 0.4) is 0 Å². The Hall–Kier alpha value is -3.51. The van der Waals surface area contributed by atoms with Crippen LogP contribution in [-0.4, -0.2) is 32.3 Å². The molecule has 0 aliphatic carbocycles. The van der Waals surface area contributed by atoms with Crippen molar-refractivity contribution in [3.63, 3.8) is 0 Å². The molecule has 8 bridgehead atoms. The number of aliphatic hydroxyl groups is 1. The molecule has 3 aliphatic heterocycles. The fourth-order valence-electron chi connectivity index (χ4n) is 5.50. The normalized spacial score (nSPS) is 25.1. The Morgan fingerprint density at radius 3 is 1.58 bits per heavy atom. The molecule has 5 rings (SSSR count). The van der Waals surface area contributed by atoms with Gasteiger partial charge in [-0.1, -0.05) is 34.6 Å². The first-order valence-electron chi connectivity index (χ1n) is 12.7. The summed E-state index contributed by atoms with van der Waals surface area (Å²) in [5, 5.41) is 12.2. The predicted octanol–water partition coefficient (Wildman–Crippen LogP) is 6.25. The van der Waals surface area contributed by atoms with Crippen LogP contribution >= 0.6 is 0 Å². The van der Waals surface area contributed by atoms with E-state index in [-0.39, 0.29) is 5.78 Å². The average molecular weight is 483 g/mol. The molecule has 186 valence electrons. The summed E-state index contributed by atoms with van der Waals surface area (Å²) in [5.41, 5.74) is 7.58. The number of allylic oxidation sites excluding steroid dienone is 4. The molecule has 6 nitrogen and oxygen atoms in total. The molecule has 0 fully saturated rings. The number of aromatic amines is 2. The molecule has 36 heavy (non-hydrogen) atoms. The fraction of sp³-hybridized carbons (Fsp3) is 0.367. The van der Waals surface area contributed by atoms with E-state index in [1.807, 2.05) is 71.0 Å². The first-order chi connectivity index (χ1) is 17.0. The molecule has 2 aromatic rings. The Bertz CT molecular complexity index is 1370. The molecule has 0 saturated carbocycles. The molecular weight excluding hydrogens is 448 g/mol. The first kappa shape index (κ1) is 24.2. The van der Waals surface area contributed by atoms with Gasteiger partial charge >= 0.3 is 0 Å². The van der Waals surface area contributed by atoms with Crippen LogP contribution in [-0.2, 0) is 10.4 Å². The zero-order valence-electron chi connectivity index (χ0n) is 22.1. The smallest absolute Gasteiger partial charge is 0.230 e. The van der Waals surface area contributed by atoms with Crippen LogP contribution in [0.4, 0.5) is 0 Å². The van der Waals surface area contributed by atoms with Crippen LogP contribution < -0.4 is 0 Å². The number of nitrogens with one attached hydrogen (secondary N) is 2. The second kappa shape index (κ2) is 8.27. The van der Waals surface area contributed by atoms with Gasteiger partial charge in [0.1, 0.15) is 17.0 Å². The molecule has 0 atom stereocenters. The van der Waals surface area contributed by atoms with Gasteiger partial charge in [0.05, 0.1) is 22.8 Å². The Kier molecular flexibility index (Phi) is 5.56. The summed E-state index contributed by atoms with van der Waals surface area (Å²) in [4.78, 5) is 30.3. The van der Waals surface area contributed by atoms with E-state index in [0.29, 0.717) is 35.7 Å². The van der Waals surface area contributed by atoms with Crippen LogP contribution in [0.1, 0.15) is 84.1 Å². The molecule has 0 saturated heterocycles. The summed E-state index contributed by atoms with van der Waals surface area (Å²) in [6.07, 6.45) is 5.32. The largest absolute Gasteiger partial charge is 0.377 e. The molecule has 3 N–H and O–H groups in total. The van der Waals surface area contributed by atoms with E-state index in [2.05, 4.69) is 23.8 Å². The molecule has 2 aromatic heterocycles. The van der Waals surface area contributed by atoms with Crippen molar-refractivity contribution in [3.05, 3.63) is 80.7 Å². The Morgan fingerprint density at radius 1 is 0.806 bits per heavy atom. The van der Waals surface area contributed by atoms with Crippen LogP contribution in [0.2, 0.25) is 0 Å². The minimum atomic E-state index is -1.29. The number of fused-ring (bicyclic) bond motifs is 6. The van der Waals surface area contributed by atoms with Crippen LogP contribution in [0, 0.1) is 5.41 Å². The lowest BCUT2D eigenvalue weighted by molar-refractivity contribution is -0.107. The molecule has 0 amide bonds. The Balaban J connectivity index is 1.81. The quantitative estimate of drug-likeness (QED) is 0.472. The molecule has 6 heteroatoms. The summed E-state index contributed by atoms with van der Waals surface area (Å²) in [5.74, 6) is -0.122. The van der Waals surface area contributed by atoms with Gasteiger partial charge in [-0.25, -0.2) is 9.98 Å². The first-order valence-corrected chi connectivity index (χ1v) is 12.7.